The average molecular weight is 146 g/mol. The van der Waals surface area contributed by atoms with E-state index >= 15 is 0 Å². The molecule has 11 heavy (non-hydrogen) atoms. The third kappa shape index (κ3) is 9.88. The maximum absolute atomic E-state index is 10.7. The molecule has 0 atom stereocenters. The molecule has 0 aromatic heterocycles. The molecule has 0 aromatic carbocycles. The SMILES string of the molecule is C/C=C([O-])/C=C/C(C)(C)C.[Li+]. The summed E-state index contributed by atoms with van der Waals surface area (Å²) in [6, 6.07) is 0. The van der Waals surface area contributed by atoms with Crippen molar-refractivity contribution in [3.63, 3.8) is 0 Å². The standard InChI is InChI=1S/C9H16O.Li/c1-5-8(10)6-7-9(2,3)4;/h5-7,10H,1-4H3;/q;+1/p-1/b7-6+,8-5-;. The fraction of sp³-hybridized carbons (Fsp3) is 0.556. The van der Waals surface area contributed by atoms with Gasteiger partial charge in [-0.25, -0.2) is 0 Å². The van der Waals surface area contributed by atoms with Gasteiger partial charge in [-0.1, -0.05) is 39.0 Å². The van der Waals surface area contributed by atoms with Gasteiger partial charge in [0.15, 0.2) is 0 Å². The summed E-state index contributed by atoms with van der Waals surface area (Å²) in [6.45, 7) is 7.93. The molecule has 0 aliphatic heterocycles. The minimum Gasteiger partial charge on any atom is -0.873 e. The van der Waals surface area contributed by atoms with Crippen LogP contribution in [-0.4, -0.2) is 0 Å². The first-order valence-electron chi connectivity index (χ1n) is 3.48. The van der Waals surface area contributed by atoms with Gasteiger partial charge >= 0.3 is 18.9 Å². The van der Waals surface area contributed by atoms with E-state index in [0.717, 1.165) is 0 Å². The first-order chi connectivity index (χ1) is 4.45. The molecule has 0 aliphatic carbocycles. The quantitative estimate of drug-likeness (QED) is 0.260. The van der Waals surface area contributed by atoms with Crippen LogP contribution in [0.2, 0.25) is 0 Å². The molecule has 0 bridgehead atoms. The van der Waals surface area contributed by atoms with Gasteiger partial charge in [0, 0.05) is 0 Å². The predicted octanol–water partition coefficient (Wildman–Crippen LogP) is -1.14. The molecule has 0 aliphatic rings. The van der Waals surface area contributed by atoms with Crippen molar-refractivity contribution < 1.29 is 24.0 Å². The first-order valence-corrected chi connectivity index (χ1v) is 3.48. The average Bonchev–Trinajstić information content (AvgIpc) is 1.81. The molecule has 0 spiro atoms. The minimum atomic E-state index is 0. The molecule has 0 fully saturated rings. The van der Waals surface area contributed by atoms with Gasteiger partial charge in [0.05, 0.1) is 0 Å². The van der Waals surface area contributed by atoms with Gasteiger partial charge in [0.2, 0.25) is 0 Å². The van der Waals surface area contributed by atoms with Crippen molar-refractivity contribution in [3.05, 3.63) is 24.0 Å². The Kier molecular flexibility index (Phi) is 6.75. The summed E-state index contributed by atoms with van der Waals surface area (Å²) < 4.78 is 0. The number of hydrogen-bond acceptors (Lipinski definition) is 1. The van der Waals surface area contributed by atoms with E-state index in [-0.39, 0.29) is 30.0 Å². The Morgan fingerprint density at radius 2 is 1.73 bits per heavy atom. The van der Waals surface area contributed by atoms with Crippen molar-refractivity contribution >= 4 is 0 Å². The van der Waals surface area contributed by atoms with E-state index in [1.165, 1.54) is 0 Å². The van der Waals surface area contributed by atoms with Gasteiger partial charge in [0.1, 0.15) is 0 Å². The van der Waals surface area contributed by atoms with Crippen LogP contribution in [0.1, 0.15) is 27.7 Å². The molecule has 0 saturated heterocycles. The van der Waals surface area contributed by atoms with Crippen LogP contribution in [0.15, 0.2) is 24.0 Å². The number of allylic oxidation sites excluding steroid dienone is 3. The van der Waals surface area contributed by atoms with Gasteiger partial charge in [0.25, 0.3) is 0 Å². The minimum absolute atomic E-state index is 0. The molecular weight excluding hydrogens is 131 g/mol. The Hall–Kier alpha value is -0.123. The van der Waals surface area contributed by atoms with E-state index in [2.05, 4.69) is 20.8 Å². The van der Waals surface area contributed by atoms with Crippen molar-refractivity contribution in [2.75, 3.05) is 0 Å². The van der Waals surface area contributed by atoms with Crippen molar-refractivity contribution in [2.45, 2.75) is 27.7 Å². The first kappa shape index (κ1) is 13.5. The van der Waals surface area contributed by atoms with E-state index in [9.17, 15) is 5.11 Å². The van der Waals surface area contributed by atoms with Crippen LogP contribution in [0.3, 0.4) is 0 Å². The maximum Gasteiger partial charge on any atom is 1.00 e. The predicted molar refractivity (Wildman–Crippen MR) is 42.4 cm³/mol. The van der Waals surface area contributed by atoms with Crippen LogP contribution in [0, 0.1) is 5.41 Å². The zero-order valence-corrected chi connectivity index (χ0v) is 8.14. The molecule has 2 heteroatoms. The molecule has 0 heterocycles. The Morgan fingerprint density at radius 1 is 1.27 bits per heavy atom. The fourth-order valence-electron chi connectivity index (χ4n) is 0.428. The molecule has 0 amide bonds. The van der Waals surface area contributed by atoms with Crippen molar-refractivity contribution in [3.8, 4) is 0 Å². The smallest absolute Gasteiger partial charge is 0.873 e. The monoisotopic (exact) mass is 146 g/mol. The van der Waals surface area contributed by atoms with Gasteiger partial charge in [-0.3, -0.25) is 0 Å². The summed E-state index contributed by atoms with van der Waals surface area (Å²) in [5, 5.41) is 10.7. The molecule has 0 aromatic rings. The summed E-state index contributed by atoms with van der Waals surface area (Å²) in [5.41, 5.74) is 0.110. The van der Waals surface area contributed by atoms with Gasteiger partial charge in [-0.15, -0.1) is 5.76 Å². The second-order valence-electron chi connectivity index (χ2n) is 3.39. The zero-order chi connectivity index (χ0) is 8.20. The summed E-state index contributed by atoms with van der Waals surface area (Å²) in [5.74, 6) is 0.0786. The summed E-state index contributed by atoms with van der Waals surface area (Å²) >= 11 is 0. The topological polar surface area (TPSA) is 23.1 Å². The van der Waals surface area contributed by atoms with Gasteiger partial charge < -0.3 is 5.11 Å². The van der Waals surface area contributed by atoms with Gasteiger partial charge in [-0.2, -0.15) is 0 Å². The molecule has 0 saturated carbocycles. The van der Waals surface area contributed by atoms with Crippen LogP contribution >= 0.6 is 0 Å². The Morgan fingerprint density at radius 3 is 2.00 bits per heavy atom. The second kappa shape index (κ2) is 5.52. The van der Waals surface area contributed by atoms with Crippen LogP contribution in [-0.2, 0) is 0 Å². The largest absolute Gasteiger partial charge is 1.00 e. The fourth-order valence-corrected chi connectivity index (χ4v) is 0.428. The normalized spacial score (nSPS) is 13.3. The zero-order valence-electron chi connectivity index (χ0n) is 8.14. The summed E-state index contributed by atoms with van der Waals surface area (Å²) in [7, 11) is 0. The Balaban J connectivity index is 0. The summed E-state index contributed by atoms with van der Waals surface area (Å²) in [6.07, 6.45) is 5.08. The molecule has 0 radical (unpaired) electrons. The Labute approximate surface area is 81.4 Å². The molecule has 0 N–H and O–H groups in total. The summed E-state index contributed by atoms with van der Waals surface area (Å²) in [4.78, 5) is 0. The second-order valence-corrected chi connectivity index (χ2v) is 3.39. The molecule has 0 rings (SSSR count). The van der Waals surface area contributed by atoms with Crippen molar-refractivity contribution in [2.24, 2.45) is 5.41 Å². The number of rotatable bonds is 1. The molecule has 1 nitrogen and oxygen atoms in total. The third-order valence-corrected chi connectivity index (χ3v) is 1.03. The van der Waals surface area contributed by atoms with Crippen LogP contribution in [0.25, 0.3) is 0 Å². The Bertz CT molecular complexity index is 151. The molecule has 58 valence electrons. The number of hydrogen-bond donors (Lipinski definition) is 0. The van der Waals surface area contributed by atoms with E-state index < -0.39 is 0 Å². The van der Waals surface area contributed by atoms with Crippen molar-refractivity contribution in [1.29, 1.82) is 0 Å². The molecule has 0 unspecified atom stereocenters. The van der Waals surface area contributed by atoms with E-state index in [0.29, 0.717) is 0 Å². The van der Waals surface area contributed by atoms with E-state index in [4.69, 9.17) is 0 Å². The van der Waals surface area contributed by atoms with E-state index in [1.54, 1.807) is 19.1 Å². The maximum atomic E-state index is 10.7. The van der Waals surface area contributed by atoms with Crippen LogP contribution < -0.4 is 24.0 Å². The molecular formula is C9H15LiO. The van der Waals surface area contributed by atoms with Crippen LogP contribution in [0.5, 0.6) is 0 Å². The van der Waals surface area contributed by atoms with E-state index in [1.807, 2.05) is 6.08 Å². The third-order valence-electron chi connectivity index (χ3n) is 1.03. The van der Waals surface area contributed by atoms with Gasteiger partial charge in [-0.05, 0) is 12.3 Å². The van der Waals surface area contributed by atoms with Crippen molar-refractivity contribution in [1.82, 2.24) is 0 Å². The van der Waals surface area contributed by atoms with Crippen LogP contribution in [0.4, 0.5) is 0 Å².